The Morgan fingerprint density at radius 3 is 3.00 bits per heavy atom. The number of hydrogen-bond donors (Lipinski definition) is 2. The quantitative estimate of drug-likeness (QED) is 0.710. The number of aromatic nitrogens is 2. The fourth-order valence-electron chi connectivity index (χ4n) is 2.97. The van der Waals surface area contributed by atoms with E-state index < -0.39 is 6.10 Å². The van der Waals surface area contributed by atoms with Crippen LogP contribution in [0.4, 0.5) is 0 Å². The van der Waals surface area contributed by atoms with E-state index >= 15 is 0 Å². The van der Waals surface area contributed by atoms with Crippen molar-refractivity contribution in [1.82, 2.24) is 15.3 Å². The highest BCUT2D eigenvalue weighted by molar-refractivity contribution is 5.96. The Balaban J connectivity index is 1.46. The van der Waals surface area contributed by atoms with Gasteiger partial charge in [0.15, 0.2) is 0 Å². The van der Waals surface area contributed by atoms with E-state index in [9.17, 15) is 9.90 Å². The molecule has 1 aliphatic heterocycles. The summed E-state index contributed by atoms with van der Waals surface area (Å²) in [6.07, 6.45) is 4.84. The Kier molecular flexibility index (Phi) is 5.16. The highest BCUT2D eigenvalue weighted by Crippen LogP contribution is 2.32. The zero-order valence-electron chi connectivity index (χ0n) is 15.0. The van der Waals surface area contributed by atoms with Gasteiger partial charge in [-0.05, 0) is 35.9 Å². The maximum atomic E-state index is 12.7. The third-order valence-electron chi connectivity index (χ3n) is 4.40. The Hall–Kier alpha value is -3.45. The summed E-state index contributed by atoms with van der Waals surface area (Å²) in [6, 6.07) is 12.4. The van der Waals surface area contributed by atoms with Gasteiger partial charge < -0.3 is 19.9 Å². The molecule has 7 heteroatoms. The first-order chi connectivity index (χ1) is 13.7. The molecular formula is C21H19N3O4. The molecular weight excluding hydrogens is 358 g/mol. The van der Waals surface area contributed by atoms with Gasteiger partial charge in [0.1, 0.15) is 17.1 Å². The number of ether oxygens (including phenoxy) is 2. The minimum absolute atomic E-state index is 0.213. The average Bonchev–Trinajstić information content (AvgIpc) is 2.73. The number of pyridine rings is 2. The van der Waals surface area contributed by atoms with Crippen LogP contribution in [0.15, 0.2) is 61.1 Å². The van der Waals surface area contributed by atoms with Crippen LogP contribution in [-0.2, 0) is 6.54 Å². The number of benzene rings is 1. The van der Waals surface area contributed by atoms with E-state index in [-0.39, 0.29) is 11.8 Å². The Labute approximate surface area is 162 Å². The second kappa shape index (κ2) is 8.06. The molecule has 0 spiro atoms. The van der Waals surface area contributed by atoms with Gasteiger partial charge in [-0.3, -0.25) is 9.78 Å². The SMILES string of the molecule is O=C(NCc1ccc2c(c1)OCCC2O)c1cccnc1Oc1cccnc1. The monoisotopic (exact) mass is 377 g/mol. The van der Waals surface area contributed by atoms with Gasteiger partial charge in [0.2, 0.25) is 5.88 Å². The third-order valence-corrected chi connectivity index (χ3v) is 4.40. The summed E-state index contributed by atoms with van der Waals surface area (Å²) in [4.78, 5) is 20.8. The van der Waals surface area contributed by atoms with Gasteiger partial charge >= 0.3 is 0 Å². The number of carbonyl (C=O) groups is 1. The molecule has 1 aromatic carbocycles. The molecule has 142 valence electrons. The normalized spacial score (nSPS) is 15.2. The molecule has 4 rings (SSSR count). The van der Waals surface area contributed by atoms with Gasteiger partial charge in [-0.25, -0.2) is 4.98 Å². The molecule has 0 saturated carbocycles. The van der Waals surface area contributed by atoms with Crippen LogP contribution in [0.2, 0.25) is 0 Å². The molecule has 3 heterocycles. The van der Waals surface area contributed by atoms with Gasteiger partial charge in [0.25, 0.3) is 5.91 Å². The van der Waals surface area contributed by atoms with Crippen molar-refractivity contribution in [2.75, 3.05) is 6.61 Å². The van der Waals surface area contributed by atoms with E-state index in [2.05, 4.69) is 15.3 Å². The van der Waals surface area contributed by atoms with Gasteiger partial charge in [0, 0.05) is 30.9 Å². The number of amides is 1. The first-order valence-electron chi connectivity index (χ1n) is 8.95. The summed E-state index contributed by atoms with van der Waals surface area (Å²) in [5.74, 6) is 1.07. The van der Waals surface area contributed by atoms with Crippen LogP contribution in [0.1, 0.15) is 34.0 Å². The number of fused-ring (bicyclic) bond motifs is 1. The number of carbonyl (C=O) groups excluding carboxylic acids is 1. The van der Waals surface area contributed by atoms with Crippen molar-refractivity contribution in [3.8, 4) is 17.4 Å². The molecule has 3 aromatic rings. The highest BCUT2D eigenvalue weighted by atomic mass is 16.5. The van der Waals surface area contributed by atoms with Crippen LogP contribution < -0.4 is 14.8 Å². The number of rotatable bonds is 5. The van der Waals surface area contributed by atoms with Crippen molar-refractivity contribution in [2.24, 2.45) is 0 Å². The topological polar surface area (TPSA) is 93.6 Å². The molecule has 0 fully saturated rings. The van der Waals surface area contributed by atoms with Crippen LogP contribution >= 0.6 is 0 Å². The van der Waals surface area contributed by atoms with Crippen molar-refractivity contribution in [3.05, 3.63) is 77.7 Å². The van der Waals surface area contributed by atoms with Crippen LogP contribution in [0, 0.1) is 0 Å². The molecule has 28 heavy (non-hydrogen) atoms. The summed E-state index contributed by atoms with van der Waals surface area (Å²) in [5.41, 5.74) is 1.98. The second-order valence-electron chi connectivity index (χ2n) is 6.35. The number of nitrogens with one attached hydrogen (secondary N) is 1. The number of aliphatic hydroxyl groups excluding tert-OH is 1. The van der Waals surface area contributed by atoms with Gasteiger partial charge in [-0.15, -0.1) is 0 Å². The molecule has 1 atom stereocenters. The fraction of sp³-hybridized carbons (Fsp3) is 0.190. The van der Waals surface area contributed by atoms with Crippen LogP contribution in [-0.4, -0.2) is 27.6 Å². The van der Waals surface area contributed by atoms with E-state index in [0.717, 1.165) is 11.1 Å². The minimum atomic E-state index is -0.505. The Morgan fingerprint density at radius 2 is 2.14 bits per heavy atom. The number of aliphatic hydroxyl groups is 1. The molecule has 2 N–H and O–H groups in total. The number of hydrogen-bond acceptors (Lipinski definition) is 6. The van der Waals surface area contributed by atoms with E-state index in [1.807, 2.05) is 18.2 Å². The second-order valence-corrected chi connectivity index (χ2v) is 6.35. The van der Waals surface area contributed by atoms with Crippen molar-refractivity contribution in [3.63, 3.8) is 0 Å². The molecule has 7 nitrogen and oxygen atoms in total. The first-order valence-corrected chi connectivity index (χ1v) is 8.95. The zero-order chi connectivity index (χ0) is 19.3. The highest BCUT2D eigenvalue weighted by Gasteiger charge is 2.20. The lowest BCUT2D eigenvalue weighted by Crippen LogP contribution is -2.24. The van der Waals surface area contributed by atoms with Gasteiger partial charge in [0.05, 0.1) is 18.9 Å². The van der Waals surface area contributed by atoms with E-state index in [4.69, 9.17) is 9.47 Å². The van der Waals surface area contributed by atoms with E-state index in [1.54, 1.807) is 42.9 Å². The number of nitrogens with zero attached hydrogens (tertiary/aromatic N) is 2. The van der Waals surface area contributed by atoms with E-state index in [1.165, 1.54) is 0 Å². The lowest BCUT2D eigenvalue weighted by atomic mass is 10.0. The molecule has 0 saturated heterocycles. The van der Waals surface area contributed by atoms with Crippen molar-refractivity contribution < 1.29 is 19.4 Å². The van der Waals surface area contributed by atoms with Gasteiger partial charge in [-0.1, -0.05) is 12.1 Å². The lowest BCUT2D eigenvalue weighted by Gasteiger charge is -2.22. The average molecular weight is 377 g/mol. The lowest BCUT2D eigenvalue weighted by molar-refractivity contribution is 0.0947. The predicted molar refractivity (Wildman–Crippen MR) is 101 cm³/mol. The van der Waals surface area contributed by atoms with Crippen LogP contribution in [0.3, 0.4) is 0 Å². The summed E-state index contributed by atoms with van der Waals surface area (Å²) in [6.45, 7) is 0.793. The molecule has 0 radical (unpaired) electrons. The summed E-state index contributed by atoms with van der Waals surface area (Å²) in [7, 11) is 0. The zero-order valence-corrected chi connectivity index (χ0v) is 15.0. The molecule has 0 aliphatic carbocycles. The van der Waals surface area contributed by atoms with Crippen LogP contribution in [0.5, 0.6) is 17.4 Å². The largest absolute Gasteiger partial charge is 0.493 e. The predicted octanol–water partition coefficient (Wildman–Crippen LogP) is 3.01. The maximum Gasteiger partial charge on any atom is 0.257 e. The molecule has 1 aliphatic rings. The standard InChI is InChI=1S/C21H19N3O4/c25-18-7-10-27-19-11-14(5-6-16(18)19)12-24-20(26)17-4-2-9-23-21(17)28-15-3-1-8-22-13-15/h1-6,8-9,11,13,18,25H,7,10,12H2,(H,24,26). The first kappa shape index (κ1) is 17.9. The Bertz CT molecular complexity index is 978. The minimum Gasteiger partial charge on any atom is -0.493 e. The van der Waals surface area contributed by atoms with Crippen molar-refractivity contribution in [2.45, 2.75) is 19.1 Å². The Morgan fingerprint density at radius 1 is 1.25 bits per heavy atom. The summed E-state index contributed by atoms with van der Waals surface area (Å²) >= 11 is 0. The van der Waals surface area contributed by atoms with Gasteiger partial charge in [-0.2, -0.15) is 0 Å². The van der Waals surface area contributed by atoms with Crippen LogP contribution in [0.25, 0.3) is 0 Å². The maximum absolute atomic E-state index is 12.7. The molecule has 2 aromatic heterocycles. The fourth-order valence-corrected chi connectivity index (χ4v) is 2.97. The summed E-state index contributed by atoms with van der Waals surface area (Å²) < 4.78 is 11.3. The van der Waals surface area contributed by atoms with Crippen molar-refractivity contribution >= 4 is 5.91 Å². The molecule has 1 unspecified atom stereocenters. The summed E-state index contributed by atoms with van der Waals surface area (Å²) in [5, 5.41) is 12.9. The third kappa shape index (κ3) is 3.94. The molecule has 1 amide bonds. The smallest absolute Gasteiger partial charge is 0.257 e. The van der Waals surface area contributed by atoms with E-state index in [0.29, 0.717) is 36.6 Å². The van der Waals surface area contributed by atoms with Crippen molar-refractivity contribution in [1.29, 1.82) is 0 Å². The molecule has 0 bridgehead atoms.